The molecular formula is C20H32O. The second kappa shape index (κ2) is 4.72. The first-order valence-corrected chi connectivity index (χ1v) is 8.76. The minimum Gasteiger partial charge on any atom is -0.386 e. The van der Waals surface area contributed by atoms with Gasteiger partial charge in [-0.3, -0.25) is 0 Å². The van der Waals surface area contributed by atoms with Crippen molar-refractivity contribution in [2.24, 2.45) is 28.6 Å². The molecule has 0 bridgehead atoms. The lowest BCUT2D eigenvalue weighted by Crippen LogP contribution is -2.46. The van der Waals surface area contributed by atoms with E-state index in [1.54, 1.807) is 0 Å². The van der Waals surface area contributed by atoms with E-state index < -0.39 is 5.60 Å². The first kappa shape index (κ1) is 15.3. The largest absolute Gasteiger partial charge is 0.386 e. The molecule has 3 aliphatic rings. The Balaban J connectivity index is 1.96. The highest BCUT2D eigenvalue weighted by Crippen LogP contribution is 2.65. The smallest absolute Gasteiger partial charge is 0.0800 e. The van der Waals surface area contributed by atoms with E-state index in [0.717, 1.165) is 24.7 Å². The molecule has 118 valence electrons. The molecule has 21 heavy (non-hydrogen) atoms. The third kappa shape index (κ3) is 2.32. The summed E-state index contributed by atoms with van der Waals surface area (Å²) in [5, 5.41) is 10.5. The van der Waals surface area contributed by atoms with Crippen LogP contribution in [-0.4, -0.2) is 10.7 Å². The first-order valence-electron chi connectivity index (χ1n) is 8.76. The molecule has 1 heteroatoms. The predicted molar refractivity (Wildman–Crippen MR) is 89.0 cm³/mol. The van der Waals surface area contributed by atoms with Crippen LogP contribution < -0.4 is 0 Å². The Hall–Kier alpha value is -0.560. The Morgan fingerprint density at radius 3 is 2.43 bits per heavy atom. The molecule has 0 saturated heterocycles. The maximum absolute atomic E-state index is 10.5. The molecule has 0 aromatic rings. The second-order valence-electron chi connectivity index (χ2n) is 8.93. The maximum Gasteiger partial charge on any atom is 0.0800 e. The fraction of sp³-hybridized carbons (Fsp3) is 0.800. The van der Waals surface area contributed by atoms with Crippen LogP contribution >= 0.6 is 0 Å². The number of aliphatic hydroxyl groups is 1. The Morgan fingerprint density at radius 2 is 1.76 bits per heavy atom. The van der Waals surface area contributed by atoms with Gasteiger partial charge in [0.15, 0.2) is 0 Å². The molecule has 2 fully saturated rings. The van der Waals surface area contributed by atoms with Gasteiger partial charge in [0, 0.05) is 0 Å². The molecule has 0 heterocycles. The molecule has 0 aliphatic heterocycles. The van der Waals surface area contributed by atoms with Gasteiger partial charge in [-0.05, 0) is 81.0 Å². The van der Waals surface area contributed by atoms with Gasteiger partial charge in [-0.1, -0.05) is 38.2 Å². The maximum atomic E-state index is 10.5. The molecule has 3 rings (SSSR count). The summed E-state index contributed by atoms with van der Waals surface area (Å²) in [5.41, 5.74) is 1.49. The highest BCUT2D eigenvalue weighted by atomic mass is 16.3. The number of allylic oxidation sites excluding steroid dienone is 2. The Morgan fingerprint density at radius 1 is 1.05 bits per heavy atom. The predicted octanol–water partition coefficient (Wildman–Crippen LogP) is 5.11. The summed E-state index contributed by atoms with van der Waals surface area (Å²) < 4.78 is 0. The number of rotatable bonds is 1. The standard InChI is InChI=1S/C20H32O/c1-14(2)15-6-11-20(5)16(15)7-9-18(3)12-13-19(4,21)10-8-17(18)20/h12-13,15-17,21H,1,6-11H2,2-5H3. The Bertz CT molecular complexity index is 474. The minimum atomic E-state index is -0.613. The van der Waals surface area contributed by atoms with Gasteiger partial charge in [0.2, 0.25) is 0 Å². The normalized spacial score (nSPS) is 52.9. The van der Waals surface area contributed by atoms with Crippen molar-refractivity contribution < 1.29 is 5.11 Å². The van der Waals surface area contributed by atoms with Gasteiger partial charge in [-0.2, -0.15) is 0 Å². The van der Waals surface area contributed by atoms with Crippen LogP contribution in [-0.2, 0) is 0 Å². The fourth-order valence-corrected chi connectivity index (χ4v) is 6.01. The molecule has 0 spiro atoms. The van der Waals surface area contributed by atoms with Gasteiger partial charge >= 0.3 is 0 Å². The first-order chi connectivity index (χ1) is 9.68. The SMILES string of the molecule is C=C(C)C1CCC2(C)C1CCC1(C)C=CC(C)(O)CCC12. The molecular weight excluding hydrogens is 256 g/mol. The van der Waals surface area contributed by atoms with Crippen molar-refractivity contribution >= 4 is 0 Å². The lowest BCUT2D eigenvalue weighted by molar-refractivity contribution is -0.0311. The van der Waals surface area contributed by atoms with Gasteiger partial charge in [0.05, 0.1) is 5.60 Å². The summed E-state index contributed by atoms with van der Waals surface area (Å²) in [6, 6.07) is 0. The molecule has 0 amide bonds. The van der Waals surface area contributed by atoms with Crippen LogP contribution in [0.1, 0.15) is 66.2 Å². The highest BCUT2D eigenvalue weighted by molar-refractivity contribution is 5.19. The van der Waals surface area contributed by atoms with Gasteiger partial charge < -0.3 is 5.11 Å². The van der Waals surface area contributed by atoms with Crippen LogP contribution in [0.4, 0.5) is 0 Å². The summed E-state index contributed by atoms with van der Waals surface area (Å²) in [5.74, 6) is 2.25. The lowest BCUT2D eigenvalue weighted by Gasteiger charge is -2.54. The molecule has 6 atom stereocenters. The second-order valence-corrected chi connectivity index (χ2v) is 8.93. The van der Waals surface area contributed by atoms with Gasteiger partial charge in [0.25, 0.3) is 0 Å². The van der Waals surface area contributed by atoms with E-state index in [9.17, 15) is 5.11 Å². The molecule has 6 unspecified atom stereocenters. The third-order valence-electron chi connectivity index (χ3n) is 7.31. The monoisotopic (exact) mass is 288 g/mol. The van der Waals surface area contributed by atoms with Crippen molar-refractivity contribution in [2.75, 3.05) is 0 Å². The fourth-order valence-electron chi connectivity index (χ4n) is 6.01. The van der Waals surface area contributed by atoms with Crippen LogP contribution in [0.25, 0.3) is 0 Å². The van der Waals surface area contributed by atoms with E-state index in [1.165, 1.54) is 31.3 Å². The molecule has 1 nitrogen and oxygen atoms in total. The number of hydrogen-bond donors (Lipinski definition) is 1. The van der Waals surface area contributed by atoms with Gasteiger partial charge in [-0.25, -0.2) is 0 Å². The topological polar surface area (TPSA) is 20.2 Å². The quantitative estimate of drug-likeness (QED) is 0.665. The Kier molecular flexibility index (Phi) is 3.44. The summed E-state index contributed by atoms with van der Waals surface area (Å²) in [6.45, 7) is 13.4. The van der Waals surface area contributed by atoms with Crippen molar-refractivity contribution in [1.82, 2.24) is 0 Å². The van der Waals surface area contributed by atoms with E-state index in [2.05, 4.69) is 39.5 Å². The molecule has 0 aromatic heterocycles. The molecule has 2 saturated carbocycles. The van der Waals surface area contributed by atoms with Crippen LogP contribution in [0.3, 0.4) is 0 Å². The molecule has 0 radical (unpaired) electrons. The Labute approximate surface area is 130 Å². The van der Waals surface area contributed by atoms with Crippen LogP contribution in [0.2, 0.25) is 0 Å². The zero-order valence-electron chi connectivity index (χ0n) is 14.3. The lowest BCUT2D eigenvalue weighted by atomic mass is 9.51. The summed E-state index contributed by atoms with van der Waals surface area (Å²) in [7, 11) is 0. The van der Waals surface area contributed by atoms with Crippen molar-refractivity contribution in [1.29, 1.82) is 0 Å². The van der Waals surface area contributed by atoms with Crippen LogP contribution in [0, 0.1) is 28.6 Å². The average Bonchev–Trinajstić information content (AvgIpc) is 2.66. The van der Waals surface area contributed by atoms with E-state index in [0.29, 0.717) is 11.3 Å². The van der Waals surface area contributed by atoms with Crippen LogP contribution in [0.15, 0.2) is 24.3 Å². The van der Waals surface area contributed by atoms with Crippen molar-refractivity contribution in [3.63, 3.8) is 0 Å². The number of fused-ring (bicyclic) bond motifs is 3. The minimum absolute atomic E-state index is 0.274. The zero-order valence-corrected chi connectivity index (χ0v) is 14.3. The zero-order chi connectivity index (χ0) is 15.5. The van der Waals surface area contributed by atoms with Gasteiger partial charge in [-0.15, -0.1) is 0 Å². The van der Waals surface area contributed by atoms with Crippen molar-refractivity contribution in [3.8, 4) is 0 Å². The van der Waals surface area contributed by atoms with Crippen molar-refractivity contribution in [3.05, 3.63) is 24.3 Å². The summed E-state index contributed by atoms with van der Waals surface area (Å²) in [6.07, 6.45) is 11.8. The summed E-state index contributed by atoms with van der Waals surface area (Å²) >= 11 is 0. The average molecular weight is 288 g/mol. The van der Waals surface area contributed by atoms with Crippen molar-refractivity contribution in [2.45, 2.75) is 71.8 Å². The van der Waals surface area contributed by atoms with E-state index in [4.69, 9.17) is 0 Å². The molecule has 0 aromatic carbocycles. The molecule has 3 aliphatic carbocycles. The van der Waals surface area contributed by atoms with E-state index in [-0.39, 0.29) is 5.41 Å². The number of hydrogen-bond acceptors (Lipinski definition) is 1. The third-order valence-corrected chi connectivity index (χ3v) is 7.31. The summed E-state index contributed by atoms with van der Waals surface area (Å²) in [4.78, 5) is 0. The molecule has 1 N–H and O–H groups in total. The highest BCUT2D eigenvalue weighted by Gasteiger charge is 2.57. The van der Waals surface area contributed by atoms with E-state index >= 15 is 0 Å². The van der Waals surface area contributed by atoms with Crippen LogP contribution in [0.5, 0.6) is 0 Å². The van der Waals surface area contributed by atoms with Gasteiger partial charge in [0.1, 0.15) is 0 Å². The van der Waals surface area contributed by atoms with E-state index in [1.807, 2.05) is 6.92 Å².